The molecule has 3 aromatic rings. The number of nitrogens with one attached hydrogen (secondary N) is 1. The van der Waals surface area contributed by atoms with E-state index in [0.29, 0.717) is 29.4 Å². The molecular weight excluding hydrogens is 528 g/mol. The van der Waals surface area contributed by atoms with Crippen LogP contribution in [0.15, 0.2) is 88.8 Å². The van der Waals surface area contributed by atoms with E-state index >= 15 is 0 Å². The van der Waals surface area contributed by atoms with Crippen LogP contribution >= 0.6 is 11.6 Å². The quantitative estimate of drug-likeness (QED) is 0.328. The summed E-state index contributed by atoms with van der Waals surface area (Å²) in [5.41, 5.74) is 0.0132. The minimum absolute atomic E-state index is 0.0458. The van der Waals surface area contributed by atoms with Crippen LogP contribution in [0.25, 0.3) is 0 Å². The molecule has 0 aromatic heterocycles. The topological polar surface area (TPSA) is 114 Å². The third-order valence-corrected chi connectivity index (χ3v) is 8.05. The lowest BCUT2D eigenvalue weighted by molar-refractivity contribution is -0.126. The molecule has 1 amide bonds. The Bertz CT molecular complexity index is 1380. The highest BCUT2D eigenvalue weighted by molar-refractivity contribution is 7.91. The number of aliphatic hydroxyl groups is 1. The SMILES string of the molecule is O=C(NCc1cccc(Cl)c1)[C@@]1(CCS(=O)(=O)c2ccccc2)COC(c2ccc(OCCCO)cc2)=N1. The van der Waals surface area contributed by atoms with E-state index in [9.17, 15) is 13.2 Å². The Morgan fingerprint density at radius 3 is 2.55 bits per heavy atom. The molecule has 0 aliphatic carbocycles. The molecule has 1 heterocycles. The van der Waals surface area contributed by atoms with Crippen molar-refractivity contribution in [2.75, 3.05) is 25.6 Å². The zero-order valence-electron chi connectivity index (χ0n) is 20.7. The molecule has 3 aromatic carbocycles. The van der Waals surface area contributed by atoms with E-state index in [1.807, 2.05) is 6.07 Å². The number of nitrogens with zero attached hydrogens (tertiary/aromatic N) is 1. The minimum atomic E-state index is -3.65. The summed E-state index contributed by atoms with van der Waals surface area (Å²) in [7, 11) is -3.65. The van der Waals surface area contributed by atoms with Gasteiger partial charge in [0.2, 0.25) is 5.90 Å². The fourth-order valence-electron chi connectivity index (χ4n) is 3.94. The van der Waals surface area contributed by atoms with Gasteiger partial charge < -0.3 is 19.9 Å². The van der Waals surface area contributed by atoms with E-state index in [0.717, 1.165) is 5.56 Å². The van der Waals surface area contributed by atoms with Crippen LogP contribution in [0.4, 0.5) is 0 Å². The van der Waals surface area contributed by atoms with Gasteiger partial charge in [-0.15, -0.1) is 0 Å². The molecule has 8 nitrogen and oxygen atoms in total. The lowest BCUT2D eigenvalue weighted by atomic mass is 9.97. The molecule has 0 unspecified atom stereocenters. The van der Waals surface area contributed by atoms with Crippen molar-refractivity contribution >= 4 is 33.2 Å². The van der Waals surface area contributed by atoms with Crippen LogP contribution in [-0.4, -0.2) is 56.4 Å². The van der Waals surface area contributed by atoms with Crippen LogP contribution in [0.2, 0.25) is 5.02 Å². The van der Waals surface area contributed by atoms with E-state index in [1.165, 1.54) is 12.1 Å². The number of hydrogen-bond donors (Lipinski definition) is 2. The minimum Gasteiger partial charge on any atom is -0.494 e. The van der Waals surface area contributed by atoms with Gasteiger partial charge in [-0.2, -0.15) is 0 Å². The Balaban J connectivity index is 1.55. The average molecular weight is 557 g/mol. The molecule has 38 heavy (non-hydrogen) atoms. The molecule has 200 valence electrons. The molecule has 0 saturated carbocycles. The molecule has 2 N–H and O–H groups in total. The van der Waals surface area contributed by atoms with Crippen LogP contribution in [0.3, 0.4) is 0 Å². The van der Waals surface area contributed by atoms with Crippen LogP contribution in [0, 0.1) is 0 Å². The maximum Gasteiger partial charge on any atom is 0.251 e. The van der Waals surface area contributed by atoms with Gasteiger partial charge in [-0.3, -0.25) is 4.79 Å². The summed E-state index contributed by atoms with van der Waals surface area (Å²) in [4.78, 5) is 18.3. The van der Waals surface area contributed by atoms with E-state index < -0.39 is 21.3 Å². The number of aliphatic imine (C=N–C) groups is 1. The lowest BCUT2D eigenvalue weighted by Crippen LogP contribution is -2.47. The fraction of sp³-hybridized carbons (Fsp3) is 0.286. The molecule has 0 fully saturated rings. The summed E-state index contributed by atoms with van der Waals surface area (Å²) in [6.45, 7) is 0.545. The van der Waals surface area contributed by atoms with Crippen LogP contribution in [0.5, 0.6) is 5.75 Å². The van der Waals surface area contributed by atoms with Crippen molar-refractivity contribution < 1.29 is 27.8 Å². The first kappa shape index (κ1) is 27.6. The van der Waals surface area contributed by atoms with Gasteiger partial charge in [0.1, 0.15) is 12.4 Å². The van der Waals surface area contributed by atoms with Crippen LogP contribution in [0.1, 0.15) is 24.0 Å². The second-order valence-electron chi connectivity index (χ2n) is 8.88. The largest absolute Gasteiger partial charge is 0.494 e. The Morgan fingerprint density at radius 1 is 1.08 bits per heavy atom. The first-order valence-electron chi connectivity index (χ1n) is 12.2. The number of benzene rings is 3. The average Bonchev–Trinajstić information content (AvgIpc) is 3.38. The van der Waals surface area contributed by atoms with Crippen molar-refractivity contribution in [1.82, 2.24) is 5.32 Å². The number of sulfone groups is 1. The Labute approximate surface area is 227 Å². The van der Waals surface area contributed by atoms with E-state index in [2.05, 4.69) is 10.3 Å². The predicted molar refractivity (Wildman–Crippen MR) is 145 cm³/mol. The Hall–Kier alpha value is -3.40. The molecule has 0 spiro atoms. The van der Waals surface area contributed by atoms with Gasteiger partial charge in [-0.05, 0) is 60.5 Å². The normalized spacial score (nSPS) is 16.9. The number of halogens is 1. The fourth-order valence-corrected chi connectivity index (χ4v) is 5.57. The number of amides is 1. The summed E-state index contributed by atoms with van der Waals surface area (Å²) >= 11 is 6.06. The van der Waals surface area contributed by atoms with Gasteiger partial charge in [0.05, 0.1) is 17.3 Å². The number of carbonyl (C=O) groups excluding carboxylic acids is 1. The molecule has 4 rings (SSSR count). The summed E-state index contributed by atoms with van der Waals surface area (Å²) in [5.74, 6) is 0.168. The summed E-state index contributed by atoms with van der Waals surface area (Å²) in [6.07, 6.45) is 0.466. The Kier molecular flexibility index (Phi) is 9.04. The molecule has 0 radical (unpaired) electrons. The maximum absolute atomic E-state index is 13.5. The predicted octanol–water partition coefficient (Wildman–Crippen LogP) is 3.80. The standard InChI is InChI=1S/C28H29ClN2O6S/c29-23-7-4-6-21(18-23)19-30-27(33)28(14-17-38(34,35)25-8-2-1-3-9-25)20-37-26(31-28)22-10-12-24(13-11-22)36-16-5-15-32/h1-4,6-13,18,32H,5,14-17,19-20H2,(H,30,33)/t28-/m1/s1. The molecule has 0 bridgehead atoms. The number of aliphatic hydroxyl groups excluding tert-OH is 1. The Morgan fingerprint density at radius 2 is 1.84 bits per heavy atom. The van der Waals surface area contributed by atoms with Gasteiger partial charge in [0.25, 0.3) is 5.91 Å². The third-order valence-electron chi connectivity index (χ3n) is 6.09. The molecule has 10 heteroatoms. The third kappa shape index (κ3) is 6.92. The first-order valence-corrected chi connectivity index (χ1v) is 14.2. The van der Waals surface area contributed by atoms with E-state index in [1.54, 1.807) is 60.7 Å². The molecule has 1 aliphatic heterocycles. The monoisotopic (exact) mass is 556 g/mol. The molecular formula is C28H29ClN2O6S. The van der Waals surface area contributed by atoms with Gasteiger partial charge in [-0.1, -0.05) is 41.9 Å². The van der Waals surface area contributed by atoms with Crippen LogP contribution < -0.4 is 10.1 Å². The zero-order chi connectivity index (χ0) is 27.0. The van der Waals surface area contributed by atoms with Crippen molar-refractivity contribution in [3.05, 3.63) is 95.0 Å². The highest BCUT2D eigenvalue weighted by Crippen LogP contribution is 2.29. The lowest BCUT2D eigenvalue weighted by Gasteiger charge is -2.23. The van der Waals surface area contributed by atoms with Gasteiger partial charge >= 0.3 is 0 Å². The van der Waals surface area contributed by atoms with E-state index in [-0.39, 0.29) is 42.7 Å². The van der Waals surface area contributed by atoms with Crippen molar-refractivity contribution in [3.63, 3.8) is 0 Å². The van der Waals surface area contributed by atoms with Crippen molar-refractivity contribution in [2.45, 2.75) is 29.8 Å². The maximum atomic E-state index is 13.5. The summed E-state index contributed by atoms with van der Waals surface area (Å²) < 4.78 is 37.4. The van der Waals surface area contributed by atoms with Gasteiger partial charge in [0, 0.05) is 30.2 Å². The van der Waals surface area contributed by atoms with Crippen molar-refractivity contribution in [1.29, 1.82) is 0 Å². The summed E-state index contributed by atoms with van der Waals surface area (Å²) in [6, 6.07) is 22.3. The smallest absolute Gasteiger partial charge is 0.251 e. The number of rotatable bonds is 12. The van der Waals surface area contributed by atoms with Crippen molar-refractivity contribution in [2.24, 2.45) is 4.99 Å². The van der Waals surface area contributed by atoms with Gasteiger partial charge in [-0.25, -0.2) is 13.4 Å². The van der Waals surface area contributed by atoms with Crippen LogP contribution in [-0.2, 0) is 25.9 Å². The van der Waals surface area contributed by atoms with E-state index in [4.69, 9.17) is 26.2 Å². The highest BCUT2D eigenvalue weighted by Gasteiger charge is 2.45. The number of carbonyl (C=O) groups is 1. The second-order valence-corrected chi connectivity index (χ2v) is 11.4. The number of ether oxygens (including phenoxy) is 2. The molecule has 1 aliphatic rings. The zero-order valence-corrected chi connectivity index (χ0v) is 22.2. The first-order chi connectivity index (χ1) is 18.3. The van der Waals surface area contributed by atoms with Crippen molar-refractivity contribution in [3.8, 4) is 5.75 Å². The summed E-state index contributed by atoms with van der Waals surface area (Å²) in [5, 5.41) is 12.3. The molecule has 1 atom stereocenters. The highest BCUT2D eigenvalue weighted by atomic mass is 35.5. The number of hydrogen-bond acceptors (Lipinski definition) is 7. The molecule has 0 saturated heterocycles. The second kappa shape index (κ2) is 12.4. The van der Waals surface area contributed by atoms with Gasteiger partial charge in [0.15, 0.2) is 15.4 Å².